The molecule has 1 aliphatic heterocycles. The number of β-amino-alcohol motifs (C(OH)–C–C–N with tert-alkyl or cyclic N) is 1. The third kappa shape index (κ3) is 5.13. The standard InChI is InChI=1S/C28H24N4O4/c1-18-13-20(8-10-25(18)36-21-5-3-2-4-6-21)32-26-22-14-19(7-9-23(22)30-17-31-26)11-12-28(35)15-24(27(33)34)29-16-28/h2-10,13-14,17,24,29,35H,15-16H2,1H3,(H,33,34)(H,30,31,32). The van der Waals surface area contributed by atoms with Gasteiger partial charge in [0, 0.05) is 29.6 Å². The van der Waals surface area contributed by atoms with Gasteiger partial charge in [-0.3, -0.25) is 4.79 Å². The van der Waals surface area contributed by atoms with Gasteiger partial charge in [-0.1, -0.05) is 30.0 Å². The molecule has 180 valence electrons. The zero-order valence-electron chi connectivity index (χ0n) is 19.5. The number of rotatable bonds is 5. The zero-order valence-corrected chi connectivity index (χ0v) is 19.5. The lowest BCUT2D eigenvalue weighted by atomic mass is 10.00. The Kier molecular flexibility index (Phi) is 6.25. The minimum Gasteiger partial charge on any atom is -0.480 e. The highest BCUT2D eigenvalue weighted by atomic mass is 16.5. The summed E-state index contributed by atoms with van der Waals surface area (Å²) in [5.41, 5.74) is 1.82. The van der Waals surface area contributed by atoms with E-state index in [0.29, 0.717) is 11.4 Å². The van der Waals surface area contributed by atoms with Gasteiger partial charge in [-0.2, -0.15) is 0 Å². The maximum atomic E-state index is 11.2. The van der Waals surface area contributed by atoms with Crippen molar-refractivity contribution in [3.05, 3.63) is 84.2 Å². The van der Waals surface area contributed by atoms with Crippen molar-refractivity contribution in [2.75, 3.05) is 11.9 Å². The second-order valence-corrected chi connectivity index (χ2v) is 8.73. The average Bonchev–Trinajstić information content (AvgIpc) is 3.28. The lowest BCUT2D eigenvalue weighted by molar-refractivity contribution is -0.139. The van der Waals surface area contributed by atoms with Crippen LogP contribution in [-0.4, -0.2) is 44.3 Å². The summed E-state index contributed by atoms with van der Waals surface area (Å²) in [6.07, 6.45) is 1.52. The molecule has 4 N–H and O–H groups in total. The molecule has 0 radical (unpaired) electrons. The predicted octanol–water partition coefficient (Wildman–Crippen LogP) is 4.00. The Hall–Kier alpha value is -4.45. The fourth-order valence-electron chi connectivity index (χ4n) is 4.06. The Morgan fingerprint density at radius 1 is 1.14 bits per heavy atom. The molecule has 1 fully saturated rings. The van der Waals surface area contributed by atoms with Gasteiger partial charge in [-0.25, -0.2) is 9.97 Å². The molecular weight excluding hydrogens is 456 g/mol. The van der Waals surface area contributed by atoms with Crippen LogP contribution in [0.1, 0.15) is 17.5 Å². The van der Waals surface area contributed by atoms with E-state index < -0.39 is 17.6 Å². The molecule has 8 nitrogen and oxygen atoms in total. The van der Waals surface area contributed by atoms with Crippen LogP contribution in [0.25, 0.3) is 10.9 Å². The van der Waals surface area contributed by atoms with Crippen LogP contribution in [0.3, 0.4) is 0 Å². The molecular formula is C28H24N4O4. The number of anilines is 2. The molecule has 2 atom stereocenters. The van der Waals surface area contributed by atoms with E-state index in [9.17, 15) is 9.90 Å². The van der Waals surface area contributed by atoms with Gasteiger partial charge in [0.05, 0.1) is 5.52 Å². The molecule has 0 spiro atoms. The minimum atomic E-state index is -1.40. The highest BCUT2D eigenvalue weighted by molar-refractivity contribution is 5.91. The number of para-hydroxylation sites is 1. The van der Waals surface area contributed by atoms with Crippen molar-refractivity contribution >= 4 is 28.4 Å². The summed E-state index contributed by atoms with van der Waals surface area (Å²) in [4.78, 5) is 19.9. The lowest BCUT2D eigenvalue weighted by Crippen LogP contribution is -2.30. The van der Waals surface area contributed by atoms with Gasteiger partial charge < -0.3 is 25.6 Å². The molecule has 8 heteroatoms. The molecule has 0 bridgehead atoms. The van der Waals surface area contributed by atoms with Crippen molar-refractivity contribution in [2.45, 2.75) is 25.0 Å². The van der Waals surface area contributed by atoms with E-state index in [1.807, 2.05) is 73.7 Å². The van der Waals surface area contributed by atoms with Crippen LogP contribution in [0, 0.1) is 18.8 Å². The lowest BCUT2D eigenvalue weighted by Gasteiger charge is -2.13. The number of aryl methyl sites for hydroxylation is 1. The molecule has 2 unspecified atom stereocenters. The van der Waals surface area contributed by atoms with Gasteiger partial charge in [-0.15, -0.1) is 0 Å². The van der Waals surface area contributed by atoms with Crippen LogP contribution in [-0.2, 0) is 4.79 Å². The van der Waals surface area contributed by atoms with Crippen molar-refractivity contribution < 1.29 is 19.7 Å². The molecule has 1 aromatic heterocycles. The van der Waals surface area contributed by atoms with Crippen molar-refractivity contribution in [2.24, 2.45) is 0 Å². The smallest absolute Gasteiger partial charge is 0.320 e. The van der Waals surface area contributed by atoms with Crippen molar-refractivity contribution in [3.8, 4) is 23.3 Å². The molecule has 5 rings (SSSR count). The monoisotopic (exact) mass is 480 g/mol. The summed E-state index contributed by atoms with van der Waals surface area (Å²) >= 11 is 0. The van der Waals surface area contributed by atoms with Gasteiger partial charge in [0.15, 0.2) is 0 Å². The van der Waals surface area contributed by atoms with Crippen LogP contribution in [0.2, 0.25) is 0 Å². The normalized spacial score (nSPS) is 18.9. The number of hydrogen-bond donors (Lipinski definition) is 4. The molecule has 1 saturated heterocycles. The Labute approximate surface area is 208 Å². The van der Waals surface area contributed by atoms with E-state index in [1.54, 1.807) is 0 Å². The molecule has 1 aliphatic rings. The Balaban J connectivity index is 1.38. The van der Waals surface area contributed by atoms with E-state index in [1.165, 1.54) is 6.33 Å². The van der Waals surface area contributed by atoms with Gasteiger partial charge in [0.1, 0.15) is 35.3 Å². The maximum absolute atomic E-state index is 11.2. The number of nitrogens with zero attached hydrogens (tertiary/aromatic N) is 2. The number of aromatic nitrogens is 2. The van der Waals surface area contributed by atoms with E-state index in [4.69, 9.17) is 9.84 Å². The number of carboxylic acid groups (broad SMARTS) is 1. The summed E-state index contributed by atoms with van der Waals surface area (Å²) in [5, 5.41) is 26.7. The fraction of sp³-hybridized carbons (Fsp3) is 0.179. The second kappa shape index (κ2) is 9.66. The Bertz CT molecular complexity index is 1500. The second-order valence-electron chi connectivity index (χ2n) is 8.73. The van der Waals surface area contributed by atoms with Crippen molar-refractivity contribution in [3.63, 3.8) is 0 Å². The number of fused-ring (bicyclic) bond motifs is 1. The molecule has 0 saturated carbocycles. The number of hydrogen-bond acceptors (Lipinski definition) is 7. The maximum Gasteiger partial charge on any atom is 0.320 e. The summed E-state index contributed by atoms with van der Waals surface area (Å²) in [7, 11) is 0. The number of aliphatic carboxylic acids is 1. The first-order valence-corrected chi connectivity index (χ1v) is 11.5. The summed E-state index contributed by atoms with van der Waals surface area (Å²) < 4.78 is 5.97. The first kappa shape index (κ1) is 23.3. The van der Waals surface area contributed by atoms with Crippen LogP contribution in [0.5, 0.6) is 11.5 Å². The SMILES string of the molecule is Cc1cc(Nc2ncnc3ccc(C#CC4(O)CNC(C(=O)O)C4)cc23)ccc1Oc1ccccc1. The Morgan fingerprint density at radius 2 is 1.97 bits per heavy atom. The van der Waals surface area contributed by atoms with Gasteiger partial charge in [0.2, 0.25) is 0 Å². The fourth-order valence-corrected chi connectivity index (χ4v) is 4.06. The quantitative estimate of drug-likeness (QED) is 0.317. The van der Waals surface area contributed by atoms with E-state index in [0.717, 1.165) is 33.7 Å². The predicted molar refractivity (Wildman–Crippen MR) is 136 cm³/mol. The summed E-state index contributed by atoms with van der Waals surface area (Å²) in [6, 6.07) is 20.1. The van der Waals surface area contributed by atoms with Crippen LogP contribution >= 0.6 is 0 Å². The van der Waals surface area contributed by atoms with Crippen molar-refractivity contribution in [1.82, 2.24) is 15.3 Å². The average molecular weight is 481 g/mol. The molecule has 0 amide bonds. The first-order valence-electron chi connectivity index (χ1n) is 11.5. The third-order valence-electron chi connectivity index (χ3n) is 5.96. The number of benzene rings is 3. The van der Waals surface area contributed by atoms with Crippen LogP contribution in [0.4, 0.5) is 11.5 Å². The molecule has 36 heavy (non-hydrogen) atoms. The highest BCUT2D eigenvalue weighted by Gasteiger charge is 2.39. The largest absolute Gasteiger partial charge is 0.480 e. The summed E-state index contributed by atoms with van der Waals surface area (Å²) in [6.45, 7) is 2.08. The number of nitrogens with one attached hydrogen (secondary N) is 2. The third-order valence-corrected chi connectivity index (χ3v) is 5.96. The van der Waals surface area contributed by atoms with Crippen molar-refractivity contribution in [1.29, 1.82) is 0 Å². The molecule has 4 aromatic rings. The van der Waals surface area contributed by atoms with Crippen LogP contribution in [0.15, 0.2) is 73.1 Å². The van der Waals surface area contributed by atoms with E-state index >= 15 is 0 Å². The highest BCUT2D eigenvalue weighted by Crippen LogP contribution is 2.30. The first-order chi connectivity index (χ1) is 17.4. The van der Waals surface area contributed by atoms with Gasteiger partial charge in [-0.05, 0) is 61.0 Å². The molecule has 3 aromatic carbocycles. The zero-order chi connectivity index (χ0) is 25.1. The molecule has 2 heterocycles. The topological polar surface area (TPSA) is 117 Å². The van der Waals surface area contributed by atoms with Gasteiger partial charge >= 0.3 is 5.97 Å². The van der Waals surface area contributed by atoms with Gasteiger partial charge in [0.25, 0.3) is 0 Å². The number of carboxylic acids is 1. The number of aliphatic hydroxyl groups is 1. The van der Waals surface area contributed by atoms with E-state index in [2.05, 4.69) is 32.4 Å². The summed E-state index contributed by atoms with van der Waals surface area (Å²) in [5.74, 6) is 6.96. The number of ether oxygens (including phenoxy) is 1. The van der Waals surface area contributed by atoms with E-state index in [-0.39, 0.29) is 13.0 Å². The molecule has 0 aliphatic carbocycles. The number of carbonyl (C=O) groups is 1. The Morgan fingerprint density at radius 3 is 2.72 bits per heavy atom. The van der Waals surface area contributed by atoms with Crippen LogP contribution < -0.4 is 15.4 Å². The minimum absolute atomic E-state index is 0.0299.